The van der Waals surface area contributed by atoms with E-state index in [1.807, 2.05) is 6.92 Å². The summed E-state index contributed by atoms with van der Waals surface area (Å²) in [5.74, 6) is 0.127. The summed E-state index contributed by atoms with van der Waals surface area (Å²) in [6.45, 7) is 3.50. The van der Waals surface area contributed by atoms with Crippen molar-refractivity contribution in [2.45, 2.75) is 56.9 Å². The number of rotatable bonds is 5. The number of hydrogen-bond donors (Lipinski definition) is 2. The fraction of sp³-hybridized carbons (Fsp3) is 0.923. The predicted octanol–water partition coefficient (Wildman–Crippen LogP) is 0.437. The van der Waals surface area contributed by atoms with Gasteiger partial charge >= 0.3 is 0 Å². The van der Waals surface area contributed by atoms with E-state index < -0.39 is 0 Å². The van der Waals surface area contributed by atoms with Crippen molar-refractivity contribution in [2.75, 3.05) is 20.3 Å². The van der Waals surface area contributed by atoms with E-state index in [0.717, 1.165) is 32.2 Å². The summed E-state index contributed by atoms with van der Waals surface area (Å²) in [6, 6.07) is 0.165. The third-order valence-corrected chi connectivity index (χ3v) is 3.85. The van der Waals surface area contributed by atoms with Crippen LogP contribution in [0.15, 0.2) is 0 Å². The van der Waals surface area contributed by atoms with E-state index in [1.54, 1.807) is 7.11 Å². The quantitative estimate of drug-likeness (QED) is 0.749. The molecule has 18 heavy (non-hydrogen) atoms. The molecule has 1 heterocycles. The smallest absolute Gasteiger partial charge is 0.237 e. The summed E-state index contributed by atoms with van der Waals surface area (Å²) < 4.78 is 11.0. The molecule has 2 fully saturated rings. The van der Waals surface area contributed by atoms with Crippen molar-refractivity contribution in [2.24, 2.45) is 0 Å². The van der Waals surface area contributed by atoms with Gasteiger partial charge in [0.15, 0.2) is 0 Å². The molecule has 0 aromatic heterocycles. The van der Waals surface area contributed by atoms with E-state index in [0.29, 0.717) is 6.61 Å². The maximum absolute atomic E-state index is 11.8. The number of amides is 1. The molecule has 4 atom stereocenters. The van der Waals surface area contributed by atoms with E-state index in [-0.39, 0.29) is 30.2 Å². The van der Waals surface area contributed by atoms with Gasteiger partial charge in [-0.15, -0.1) is 0 Å². The number of ether oxygens (including phenoxy) is 2. The first-order valence-corrected chi connectivity index (χ1v) is 6.94. The standard InChI is InChI=1S/C13H24N2O3/c1-3-18-11-8-10(12(11)17-2)15-9-6-4-5-7-14-13(9)16/h9-12,15H,3-8H2,1-2H3,(H,14,16). The number of carbonyl (C=O) groups is 1. The van der Waals surface area contributed by atoms with Gasteiger partial charge in [-0.05, 0) is 32.6 Å². The Kier molecular flexibility index (Phi) is 4.97. The summed E-state index contributed by atoms with van der Waals surface area (Å²) in [5.41, 5.74) is 0. The lowest BCUT2D eigenvalue weighted by Gasteiger charge is -2.44. The lowest BCUT2D eigenvalue weighted by Crippen LogP contribution is -2.63. The van der Waals surface area contributed by atoms with E-state index >= 15 is 0 Å². The molecule has 2 N–H and O–H groups in total. The Bertz CT molecular complexity index is 285. The van der Waals surface area contributed by atoms with Gasteiger partial charge in [0.1, 0.15) is 0 Å². The summed E-state index contributed by atoms with van der Waals surface area (Å²) >= 11 is 0. The first-order valence-electron chi connectivity index (χ1n) is 6.94. The van der Waals surface area contributed by atoms with E-state index in [2.05, 4.69) is 10.6 Å². The highest BCUT2D eigenvalue weighted by Crippen LogP contribution is 2.27. The first kappa shape index (κ1) is 13.8. The Hall–Kier alpha value is -0.650. The molecule has 1 saturated heterocycles. The molecule has 5 nitrogen and oxygen atoms in total. The minimum Gasteiger partial charge on any atom is -0.377 e. The third kappa shape index (κ3) is 3.02. The zero-order valence-electron chi connectivity index (χ0n) is 11.3. The Morgan fingerprint density at radius 1 is 1.44 bits per heavy atom. The highest BCUT2D eigenvalue weighted by Gasteiger charge is 2.43. The average Bonchev–Trinajstić information content (AvgIpc) is 2.53. The summed E-state index contributed by atoms with van der Waals surface area (Å²) in [4.78, 5) is 11.8. The SMILES string of the molecule is CCOC1CC(NC2CCCCNC2=O)C1OC. The normalized spacial score (nSPS) is 36.7. The van der Waals surface area contributed by atoms with Crippen molar-refractivity contribution in [3.63, 3.8) is 0 Å². The van der Waals surface area contributed by atoms with Gasteiger partial charge < -0.3 is 20.1 Å². The fourth-order valence-electron chi connectivity index (χ4n) is 2.79. The van der Waals surface area contributed by atoms with Crippen LogP contribution < -0.4 is 10.6 Å². The Morgan fingerprint density at radius 2 is 2.28 bits per heavy atom. The van der Waals surface area contributed by atoms with Gasteiger partial charge in [-0.3, -0.25) is 4.79 Å². The van der Waals surface area contributed by atoms with Gasteiger partial charge in [0, 0.05) is 26.3 Å². The van der Waals surface area contributed by atoms with Crippen molar-refractivity contribution >= 4 is 5.91 Å². The molecule has 1 saturated carbocycles. The highest BCUT2D eigenvalue weighted by atomic mass is 16.5. The molecular formula is C13H24N2O3. The van der Waals surface area contributed by atoms with Gasteiger partial charge in [0.2, 0.25) is 5.91 Å². The van der Waals surface area contributed by atoms with Gasteiger partial charge in [-0.1, -0.05) is 0 Å². The molecule has 4 unspecified atom stereocenters. The molecule has 104 valence electrons. The molecule has 0 spiro atoms. The van der Waals surface area contributed by atoms with Crippen LogP contribution in [-0.4, -0.2) is 50.5 Å². The van der Waals surface area contributed by atoms with Gasteiger partial charge in [-0.2, -0.15) is 0 Å². The summed E-state index contributed by atoms with van der Waals surface area (Å²) in [6.07, 6.45) is 4.25. The molecule has 1 aliphatic heterocycles. The fourth-order valence-corrected chi connectivity index (χ4v) is 2.79. The molecule has 2 aliphatic rings. The molecule has 1 aliphatic carbocycles. The van der Waals surface area contributed by atoms with Crippen LogP contribution in [-0.2, 0) is 14.3 Å². The maximum Gasteiger partial charge on any atom is 0.237 e. The molecule has 0 aromatic rings. The molecular weight excluding hydrogens is 232 g/mol. The third-order valence-electron chi connectivity index (χ3n) is 3.85. The molecule has 0 aromatic carbocycles. The monoisotopic (exact) mass is 256 g/mol. The second kappa shape index (κ2) is 6.50. The zero-order chi connectivity index (χ0) is 13.0. The number of carbonyl (C=O) groups excluding carboxylic acids is 1. The number of methoxy groups -OCH3 is 1. The van der Waals surface area contributed by atoms with Crippen LogP contribution in [0.25, 0.3) is 0 Å². The Balaban J connectivity index is 1.83. The average molecular weight is 256 g/mol. The Morgan fingerprint density at radius 3 is 3.00 bits per heavy atom. The molecule has 5 heteroatoms. The van der Waals surface area contributed by atoms with Gasteiger partial charge in [0.25, 0.3) is 0 Å². The minimum atomic E-state index is -0.0715. The van der Waals surface area contributed by atoms with Crippen molar-refractivity contribution in [1.82, 2.24) is 10.6 Å². The van der Waals surface area contributed by atoms with E-state index in [4.69, 9.17) is 9.47 Å². The second-order valence-electron chi connectivity index (χ2n) is 5.04. The highest BCUT2D eigenvalue weighted by molar-refractivity contribution is 5.81. The van der Waals surface area contributed by atoms with E-state index in [1.165, 1.54) is 0 Å². The predicted molar refractivity (Wildman–Crippen MR) is 68.4 cm³/mol. The van der Waals surface area contributed by atoms with Crippen LogP contribution in [0, 0.1) is 0 Å². The van der Waals surface area contributed by atoms with Crippen LogP contribution in [0.3, 0.4) is 0 Å². The minimum absolute atomic E-state index is 0.0704. The lowest BCUT2D eigenvalue weighted by molar-refractivity contribution is -0.138. The first-order chi connectivity index (χ1) is 8.76. The largest absolute Gasteiger partial charge is 0.377 e. The van der Waals surface area contributed by atoms with Crippen LogP contribution in [0.1, 0.15) is 32.6 Å². The number of nitrogens with one attached hydrogen (secondary N) is 2. The summed E-state index contributed by atoms with van der Waals surface area (Å²) in [7, 11) is 1.71. The molecule has 0 radical (unpaired) electrons. The van der Waals surface area contributed by atoms with Crippen LogP contribution in [0.5, 0.6) is 0 Å². The van der Waals surface area contributed by atoms with E-state index in [9.17, 15) is 4.79 Å². The van der Waals surface area contributed by atoms with Crippen LogP contribution >= 0.6 is 0 Å². The topological polar surface area (TPSA) is 59.6 Å². The number of hydrogen-bond acceptors (Lipinski definition) is 4. The molecule has 1 amide bonds. The van der Waals surface area contributed by atoms with Gasteiger partial charge in [-0.25, -0.2) is 0 Å². The van der Waals surface area contributed by atoms with Crippen molar-refractivity contribution in [1.29, 1.82) is 0 Å². The zero-order valence-corrected chi connectivity index (χ0v) is 11.3. The van der Waals surface area contributed by atoms with Crippen molar-refractivity contribution < 1.29 is 14.3 Å². The van der Waals surface area contributed by atoms with Crippen LogP contribution in [0.2, 0.25) is 0 Å². The molecule has 2 rings (SSSR count). The van der Waals surface area contributed by atoms with Crippen molar-refractivity contribution in [3.8, 4) is 0 Å². The maximum atomic E-state index is 11.8. The second-order valence-corrected chi connectivity index (χ2v) is 5.04. The molecule has 0 bridgehead atoms. The lowest BCUT2D eigenvalue weighted by atomic mass is 9.84. The summed E-state index contributed by atoms with van der Waals surface area (Å²) in [5, 5.41) is 6.36. The van der Waals surface area contributed by atoms with Crippen LogP contribution in [0.4, 0.5) is 0 Å². The van der Waals surface area contributed by atoms with Crippen molar-refractivity contribution in [3.05, 3.63) is 0 Å². The Labute approximate surface area is 109 Å². The van der Waals surface area contributed by atoms with Gasteiger partial charge in [0.05, 0.1) is 18.2 Å².